The molecule has 6 rings (SSSR count). The van der Waals surface area contributed by atoms with Gasteiger partial charge in [0, 0.05) is 31.2 Å². The van der Waals surface area contributed by atoms with Crippen molar-refractivity contribution in [2.45, 2.75) is 24.3 Å². The number of anilines is 1. The number of nitrogens with zero attached hydrogens (tertiary/aromatic N) is 4. The molecule has 2 atom stereocenters. The molecular formula is C27H26N4O4S. The van der Waals surface area contributed by atoms with Crippen molar-refractivity contribution in [3.8, 4) is 5.75 Å². The van der Waals surface area contributed by atoms with Crippen LogP contribution in [0.4, 0.5) is 5.69 Å². The third-order valence-electron chi connectivity index (χ3n) is 7.54. The molecular weight excluding hydrogens is 476 g/mol. The molecule has 3 amide bonds. The average Bonchev–Trinajstić information content (AvgIpc) is 3.62. The van der Waals surface area contributed by atoms with E-state index in [4.69, 9.17) is 4.74 Å². The molecule has 3 aliphatic heterocycles. The molecule has 4 bridgehead atoms. The molecule has 184 valence electrons. The van der Waals surface area contributed by atoms with Gasteiger partial charge in [0.25, 0.3) is 5.91 Å². The number of hydrogen-bond acceptors (Lipinski definition) is 6. The van der Waals surface area contributed by atoms with Gasteiger partial charge in [0.2, 0.25) is 11.8 Å². The Morgan fingerprint density at radius 2 is 2.00 bits per heavy atom. The van der Waals surface area contributed by atoms with Crippen LogP contribution in [0.2, 0.25) is 0 Å². The van der Waals surface area contributed by atoms with Crippen molar-refractivity contribution in [2.75, 3.05) is 38.2 Å². The molecule has 36 heavy (non-hydrogen) atoms. The van der Waals surface area contributed by atoms with E-state index in [9.17, 15) is 14.4 Å². The number of likely N-dealkylation sites (tertiary alicyclic amines) is 1. The summed E-state index contributed by atoms with van der Waals surface area (Å²) in [6.07, 6.45) is 1.12. The standard InChI is InChI=1S/C27H26N4O4S/c1-29-11-5-13-35-19-7-4-6-18(14-19)24-27(10-12-30(24)25(33)21-16-36-17-28-21)20-8-2-3-9-22(20)31(26(27)34)15-23(29)32/h2-4,6-9,14,16-17,24H,5,10-13,15H2,1H3/t24-,27+/m0/s1. The van der Waals surface area contributed by atoms with Gasteiger partial charge in [-0.05, 0) is 42.2 Å². The Hall–Kier alpha value is -3.72. The van der Waals surface area contributed by atoms with Gasteiger partial charge in [-0.2, -0.15) is 0 Å². The number of carbonyl (C=O) groups is 3. The van der Waals surface area contributed by atoms with E-state index >= 15 is 0 Å². The normalized spacial score (nSPS) is 23.7. The number of thiazole rings is 1. The van der Waals surface area contributed by atoms with Crippen molar-refractivity contribution in [2.24, 2.45) is 0 Å². The van der Waals surface area contributed by atoms with Gasteiger partial charge >= 0.3 is 0 Å². The molecule has 1 saturated heterocycles. The number of para-hydroxylation sites is 1. The maximum atomic E-state index is 14.4. The molecule has 9 heteroatoms. The van der Waals surface area contributed by atoms with Gasteiger partial charge in [0.1, 0.15) is 23.4 Å². The minimum absolute atomic E-state index is 0.0399. The van der Waals surface area contributed by atoms with E-state index in [0.717, 1.165) is 16.8 Å². The topological polar surface area (TPSA) is 83.1 Å². The third kappa shape index (κ3) is 3.41. The number of likely N-dealkylation sites (N-methyl/N-ethyl adjacent to an activating group) is 1. The molecule has 2 aromatic carbocycles. The number of hydrogen-bond donors (Lipinski definition) is 0. The second-order valence-corrected chi connectivity index (χ2v) is 10.2. The van der Waals surface area contributed by atoms with Crippen molar-refractivity contribution in [1.29, 1.82) is 0 Å². The smallest absolute Gasteiger partial charge is 0.273 e. The van der Waals surface area contributed by atoms with Gasteiger partial charge in [-0.1, -0.05) is 30.3 Å². The Morgan fingerprint density at radius 1 is 1.14 bits per heavy atom. The average molecular weight is 503 g/mol. The first kappa shape index (κ1) is 22.7. The third-order valence-corrected chi connectivity index (χ3v) is 8.13. The van der Waals surface area contributed by atoms with E-state index in [1.165, 1.54) is 11.3 Å². The Labute approximate surface area is 213 Å². The Balaban J connectivity index is 1.55. The van der Waals surface area contributed by atoms with Crippen LogP contribution < -0.4 is 9.64 Å². The number of ether oxygens (including phenoxy) is 1. The van der Waals surface area contributed by atoms with E-state index in [1.807, 2.05) is 48.5 Å². The number of fused-ring (bicyclic) bond motifs is 6. The summed E-state index contributed by atoms with van der Waals surface area (Å²) in [6, 6.07) is 14.8. The molecule has 3 aromatic rings. The highest BCUT2D eigenvalue weighted by molar-refractivity contribution is 7.07. The van der Waals surface area contributed by atoms with Crippen LogP contribution in [0.5, 0.6) is 5.75 Å². The lowest BCUT2D eigenvalue weighted by Gasteiger charge is -2.35. The molecule has 3 aliphatic rings. The number of aromatic nitrogens is 1. The molecule has 4 heterocycles. The van der Waals surface area contributed by atoms with Crippen molar-refractivity contribution < 1.29 is 19.1 Å². The SMILES string of the molecule is CN1CCCOc2cccc(c2)[C@@H]2N(C(=O)c3cscn3)CC[C@]23C(=O)N(CC1=O)c1ccccc13. The Morgan fingerprint density at radius 3 is 2.83 bits per heavy atom. The minimum Gasteiger partial charge on any atom is -0.494 e. The van der Waals surface area contributed by atoms with Crippen LogP contribution in [0, 0.1) is 0 Å². The maximum Gasteiger partial charge on any atom is 0.273 e. The van der Waals surface area contributed by atoms with E-state index < -0.39 is 11.5 Å². The predicted molar refractivity (Wildman–Crippen MR) is 135 cm³/mol. The van der Waals surface area contributed by atoms with Crippen LogP contribution in [-0.4, -0.2) is 65.8 Å². The molecule has 8 nitrogen and oxygen atoms in total. The number of benzene rings is 2. The number of carbonyl (C=O) groups excluding carboxylic acids is 3. The quantitative estimate of drug-likeness (QED) is 0.510. The zero-order valence-electron chi connectivity index (χ0n) is 19.9. The first-order valence-electron chi connectivity index (χ1n) is 12.1. The van der Waals surface area contributed by atoms with E-state index in [-0.39, 0.29) is 24.3 Å². The summed E-state index contributed by atoms with van der Waals surface area (Å²) in [4.78, 5) is 50.5. The summed E-state index contributed by atoms with van der Waals surface area (Å²) in [5.41, 5.74) is 3.42. The monoisotopic (exact) mass is 502 g/mol. The van der Waals surface area contributed by atoms with Gasteiger partial charge in [0.15, 0.2) is 0 Å². The first-order chi connectivity index (χ1) is 17.5. The zero-order valence-corrected chi connectivity index (χ0v) is 20.7. The minimum atomic E-state index is -1.01. The van der Waals surface area contributed by atoms with E-state index in [0.29, 0.717) is 44.0 Å². The summed E-state index contributed by atoms with van der Waals surface area (Å²) in [5, 5.41) is 1.74. The highest BCUT2D eigenvalue weighted by Gasteiger charge is 2.62. The second kappa shape index (κ2) is 8.74. The molecule has 0 saturated carbocycles. The van der Waals surface area contributed by atoms with E-state index in [1.54, 1.807) is 32.6 Å². The highest BCUT2D eigenvalue weighted by atomic mass is 32.1. The van der Waals surface area contributed by atoms with Gasteiger partial charge in [0.05, 0.1) is 18.2 Å². The molecule has 1 spiro atoms. The lowest BCUT2D eigenvalue weighted by molar-refractivity contribution is -0.131. The summed E-state index contributed by atoms with van der Waals surface area (Å²) < 4.78 is 6.02. The van der Waals surface area contributed by atoms with Crippen molar-refractivity contribution >= 4 is 34.7 Å². The van der Waals surface area contributed by atoms with Gasteiger partial charge in [-0.3, -0.25) is 14.4 Å². The lowest BCUT2D eigenvalue weighted by Crippen LogP contribution is -2.48. The van der Waals surface area contributed by atoms with Crippen LogP contribution in [0.3, 0.4) is 0 Å². The summed E-state index contributed by atoms with van der Waals surface area (Å²) >= 11 is 1.37. The molecule has 0 N–H and O–H groups in total. The molecule has 0 radical (unpaired) electrons. The van der Waals surface area contributed by atoms with Crippen molar-refractivity contribution in [1.82, 2.24) is 14.8 Å². The molecule has 0 aliphatic carbocycles. The summed E-state index contributed by atoms with van der Waals surface area (Å²) in [6.45, 7) is 1.35. The number of rotatable bonds is 1. The maximum absolute atomic E-state index is 14.4. The van der Waals surface area contributed by atoms with Crippen molar-refractivity contribution in [3.63, 3.8) is 0 Å². The Bertz CT molecular complexity index is 1340. The fraction of sp³-hybridized carbons (Fsp3) is 0.333. The predicted octanol–water partition coefficient (Wildman–Crippen LogP) is 3.26. The van der Waals surface area contributed by atoms with Crippen LogP contribution in [0.1, 0.15) is 40.5 Å². The van der Waals surface area contributed by atoms with Crippen LogP contribution in [0.15, 0.2) is 59.4 Å². The van der Waals surface area contributed by atoms with Crippen molar-refractivity contribution in [3.05, 3.63) is 76.2 Å². The fourth-order valence-electron chi connectivity index (χ4n) is 5.84. The van der Waals surface area contributed by atoms with E-state index in [2.05, 4.69) is 4.98 Å². The van der Waals surface area contributed by atoms with Gasteiger partial charge < -0.3 is 19.4 Å². The zero-order chi connectivity index (χ0) is 24.9. The first-order valence-corrected chi connectivity index (χ1v) is 13.0. The van der Waals surface area contributed by atoms with Crippen LogP contribution in [0.25, 0.3) is 0 Å². The summed E-state index contributed by atoms with van der Waals surface area (Å²) in [5.74, 6) is 0.200. The molecule has 1 fully saturated rings. The highest BCUT2D eigenvalue weighted by Crippen LogP contribution is 2.57. The molecule has 0 unspecified atom stereocenters. The Kier molecular flexibility index (Phi) is 5.52. The number of amides is 3. The lowest BCUT2D eigenvalue weighted by atomic mass is 9.72. The largest absolute Gasteiger partial charge is 0.494 e. The van der Waals surface area contributed by atoms with Crippen LogP contribution >= 0.6 is 11.3 Å². The summed E-state index contributed by atoms with van der Waals surface area (Å²) in [7, 11) is 1.75. The second-order valence-electron chi connectivity index (χ2n) is 9.49. The van der Waals surface area contributed by atoms with Gasteiger partial charge in [-0.25, -0.2) is 4.98 Å². The van der Waals surface area contributed by atoms with Gasteiger partial charge in [-0.15, -0.1) is 11.3 Å². The van der Waals surface area contributed by atoms with Crippen LogP contribution in [-0.2, 0) is 15.0 Å². The molecule has 1 aromatic heterocycles. The fourth-order valence-corrected chi connectivity index (χ4v) is 6.36.